The second-order valence-electron chi connectivity index (χ2n) is 16.9. The monoisotopic (exact) mass is 802 g/mol. The molecule has 8 aromatic carbocycles. The van der Waals surface area contributed by atoms with Gasteiger partial charge in [-0.15, -0.1) is 0 Å². The summed E-state index contributed by atoms with van der Waals surface area (Å²) in [6, 6.07) is 66.7. The Bertz CT molecular complexity index is 3350. The first kappa shape index (κ1) is 35.7. The maximum atomic E-state index is 15.3. The van der Waals surface area contributed by atoms with Gasteiger partial charge in [0.15, 0.2) is 5.82 Å². The summed E-state index contributed by atoms with van der Waals surface area (Å²) >= 11 is 0. The Kier molecular flexibility index (Phi) is 7.55. The average molecular weight is 803 g/mol. The Morgan fingerprint density at radius 2 is 0.869 bits per heavy atom. The molecule has 0 bridgehead atoms. The van der Waals surface area contributed by atoms with Gasteiger partial charge in [0.05, 0.1) is 26.6 Å². The third-order valence-corrected chi connectivity index (χ3v) is 15.2. The largest absolute Gasteiger partial charge is 0.228 e. The molecule has 0 radical (unpaired) electrons. The van der Waals surface area contributed by atoms with Crippen LogP contribution in [-0.4, -0.2) is 18.4 Å². The zero-order chi connectivity index (χ0) is 41.1. The van der Waals surface area contributed by atoms with Crippen molar-refractivity contribution < 1.29 is 8.42 Å². The molecule has 1 aromatic heterocycles. The zero-order valence-electron chi connectivity index (χ0n) is 33.6. The summed E-state index contributed by atoms with van der Waals surface area (Å²) in [5.41, 5.74) is 15.2. The number of fused-ring (bicyclic) bond motifs is 14. The van der Waals surface area contributed by atoms with Crippen LogP contribution in [0, 0.1) is 0 Å². The van der Waals surface area contributed by atoms with Crippen molar-refractivity contribution in [3.8, 4) is 67.3 Å². The molecule has 0 saturated heterocycles. The fraction of sp³-hybridized carbons (Fsp3) is 0.0714. The van der Waals surface area contributed by atoms with Crippen molar-refractivity contribution in [3.05, 3.63) is 228 Å². The summed E-state index contributed by atoms with van der Waals surface area (Å²) in [6.07, 6.45) is 0. The quantitative estimate of drug-likeness (QED) is 0.178. The maximum absolute atomic E-state index is 15.3. The lowest BCUT2D eigenvalue weighted by atomic mass is 9.62. The van der Waals surface area contributed by atoms with Gasteiger partial charge in [-0.3, -0.25) is 0 Å². The molecular formula is C56H38N2O2S. The number of rotatable bonds is 3. The van der Waals surface area contributed by atoms with Crippen molar-refractivity contribution in [1.29, 1.82) is 0 Å². The second kappa shape index (κ2) is 12.9. The van der Waals surface area contributed by atoms with Crippen LogP contribution in [0.15, 0.2) is 204 Å². The molecule has 2 heterocycles. The third kappa shape index (κ3) is 4.95. The molecule has 61 heavy (non-hydrogen) atoms. The van der Waals surface area contributed by atoms with E-state index in [0.717, 1.165) is 89.3 Å². The van der Waals surface area contributed by atoms with Gasteiger partial charge < -0.3 is 0 Å². The molecule has 5 heteroatoms. The van der Waals surface area contributed by atoms with E-state index in [4.69, 9.17) is 9.97 Å². The van der Waals surface area contributed by atoms with Crippen LogP contribution in [0.2, 0.25) is 0 Å². The van der Waals surface area contributed by atoms with Gasteiger partial charge in [0.25, 0.3) is 0 Å². The molecule has 12 rings (SSSR count). The van der Waals surface area contributed by atoms with Gasteiger partial charge in [-0.1, -0.05) is 178 Å². The van der Waals surface area contributed by atoms with E-state index >= 15 is 8.42 Å². The van der Waals surface area contributed by atoms with Crippen molar-refractivity contribution in [2.45, 2.75) is 34.5 Å². The SMILES string of the molecule is CC1(C)c2ccccc2-c2cc3c(cc21)S(=O)(=O)c1ccccc1C31c2ccccc2-c2ccccc2-c2ccc(-c3nc(-c4ccccc4)cc(-c4ccccc4)n3)cc21. The van der Waals surface area contributed by atoms with Gasteiger partial charge in [0, 0.05) is 22.1 Å². The number of benzene rings is 8. The summed E-state index contributed by atoms with van der Waals surface area (Å²) in [7, 11) is -3.98. The summed E-state index contributed by atoms with van der Waals surface area (Å²) < 4.78 is 30.7. The summed E-state index contributed by atoms with van der Waals surface area (Å²) in [4.78, 5) is 11.2. The molecule has 0 N–H and O–H groups in total. The third-order valence-electron chi connectivity index (χ3n) is 13.3. The maximum Gasteiger partial charge on any atom is 0.207 e. The van der Waals surface area contributed by atoms with E-state index < -0.39 is 20.7 Å². The molecule has 4 nitrogen and oxygen atoms in total. The highest BCUT2D eigenvalue weighted by molar-refractivity contribution is 7.91. The van der Waals surface area contributed by atoms with Crippen LogP contribution in [0.25, 0.3) is 67.3 Å². The molecule has 3 aliphatic rings. The highest BCUT2D eigenvalue weighted by Gasteiger charge is 2.53. The van der Waals surface area contributed by atoms with E-state index in [1.807, 2.05) is 60.7 Å². The first-order valence-electron chi connectivity index (χ1n) is 20.7. The van der Waals surface area contributed by atoms with Crippen LogP contribution < -0.4 is 0 Å². The number of hydrogen-bond acceptors (Lipinski definition) is 4. The first-order chi connectivity index (χ1) is 29.8. The molecule has 290 valence electrons. The molecule has 1 atom stereocenters. The molecular weight excluding hydrogens is 765 g/mol. The fourth-order valence-electron chi connectivity index (χ4n) is 10.6. The van der Waals surface area contributed by atoms with Crippen LogP contribution >= 0.6 is 0 Å². The van der Waals surface area contributed by atoms with Crippen molar-refractivity contribution >= 4 is 9.84 Å². The van der Waals surface area contributed by atoms with Crippen LogP contribution in [0.1, 0.15) is 47.2 Å². The van der Waals surface area contributed by atoms with E-state index in [9.17, 15) is 0 Å². The standard InChI is InChI=1S/C56H38N2O2S/c1-55(2)44-25-13-11-24-41(44)43-32-49-53(33-47(43)55)61(59,60)52-28-16-15-27-46(52)56(49)45-26-14-12-23-40(45)38-21-9-10-22-39(38)42-30-29-37(31-48(42)56)54-57-50(35-17-5-3-6-18-35)34-51(58-54)36-19-7-4-8-20-36/h3-34H,1-2H3. The van der Waals surface area contributed by atoms with Gasteiger partial charge in [-0.05, 0) is 97.1 Å². The average Bonchev–Trinajstić information content (AvgIpc) is 3.47. The highest BCUT2D eigenvalue weighted by atomic mass is 32.2. The van der Waals surface area contributed by atoms with Crippen molar-refractivity contribution in [3.63, 3.8) is 0 Å². The predicted molar refractivity (Wildman–Crippen MR) is 244 cm³/mol. The zero-order valence-corrected chi connectivity index (χ0v) is 34.4. The molecule has 0 saturated carbocycles. The van der Waals surface area contributed by atoms with Gasteiger partial charge in [-0.25, -0.2) is 18.4 Å². The normalized spacial score (nSPS) is 16.8. The molecule has 9 aromatic rings. The number of aromatic nitrogens is 2. The van der Waals surface area contributed by atoms with E-state index in [1.54, 1.807) is 6.07 Å². The van der Waals surface area contributed by atoms with E-state index in [2.05, 4.69) is 141 Å². The van der Waals surface area contributed by atoms with E-state index in [-0.39, 0.29) is 0 Å². The molecule has 1 aliphatic heterocycles. The van der Waals surface area contributed by atoms with Crippen LogP contribution in [0.3, 0.4) is 0 Å². The van der Waals surface area contributed by atoms with Crippen molar-refractivity contribution in [2.24, 2.45) is 0 Å². The number of hydrogen-bond donors (Lipinski definition) is 0. The van der Waals surface area contributed by atoms with Crippen LogP contribution in [-0.2, 0) is 20.7 Å². The Morgan fingerprint density at radius 3 is 1.51 bits per heavy atom. The van der Waals surface area contributed by atoms with Gasteiger partial charge in [0.2, 0.25) is 9.84 Å². The topological polar surface area (TPSA) is 59.9 Å². The Balaban J connectivity index is 1.24. The lowest BCUT2D eigenvalue weighted by Gasteiger charge is -2.43. The minimum absolute atomic E-state index is 0.321. The fourth-order valence-corrected chi connectivity index (χ4v) is 12.3. The molecule has 1 unspecified atom stereocenters. The van der Waals surface area contributed by atoms with Crippen molar-refractivity contribution in [2.75, 3.05) is 0 Å². The number of nitrogens with zero attached hydrogens (tertiary/aromatic N) is 2. The lowest BCUT2D eigenvalue weighted by molar-refractivity contribution is 0.577. The van der Waals surface area contributed by atoms with E-state index in [0.29, 0.717) is 15.6 Å². The minimum atomic E-state index is -3.98. The van der Waals surface area contributed by atoms with Gasteiger partial charge in [0.1, 0.15) is 0 Å². The highest BCUT2D eigenvalue weighted by Crippen LogP contribution is 2.62. The Labute approximate surface area is 355 Å². The van der Waals surface area contributed by atoms with Crippen molar-refractivity contribution in [1.82, 2.24) is 9.97 Å². The van der Waals surface area contributed by atoms with Gasteiger partial charge in [-0.2, -0.15) is 0 Å². The molecule has 0 fully saturated rings. The number of sulfone groups is 1. The molecule has 2 aliphatic carbocycles. The van der Waals surface area contributed by atoms with Crippen LogP contribution in [0.5, 0.6) is 0 Å². The summed E-state index contributed by atoms with van der Waals surface area (Å²) in [6.45, 7) is 4.41. The smallest absolute Gasteiger partial charge is 0.207 e. The lowest BCUT2D eigenvalue weighted by Crippen LogP contribution is -2.38. The van der Waals surface area contributed by atoms with Crippen LogP contribution in [0.4, 0.5) is 0 Å². The van der Waals surface area contributed by atoms with Gasteiger partial charge >= 0.3 is 0 Å². The Hall–Kier alpha value is -7.21. The Morgan fingerprint density at radius 1 is 0.361 bits per heavy atom. The van der Waals surface area contributed by atoms with E-state index in [1.165, 1.54) is 5.56 Å². The molecule has 1 spiro atoms. The first-order valence-corrected chi connectivity index (χ1v) is 22.2. The summed E-state index contributed by atoms with van der Waals surface area (Å²) in [5.74, 6) is 0.588. The second-order valence-corrected chi connectivity index (χ2v) is 18.7. The predicted octanol–water partition coefficient (Wildman–Crippen LogP) is 13.0. The summed E-state index contributed by atoms with van der Waals surface area (Å²) in [5, 5.41) is 0. The molecule has 0 amide bonds. The minimum Gasteiger partial charge on any atom is -0.228 e.